The first-order chi connectivity index (χ1) is 7.79. The Kier molecular flexibility index (Phi) is 6.01. The second-order valence-electron chi connectivity index (χ2n) is 3.99. The Hall–Kier alpha value is -1.79. The second kappa shape index (κ2) is 6.72. The number of urea groups is 1. The largest absolute Gasteiger partial charge is 0.480 e. The van der Waals surface area contributed by atoms with Crippen LogP contribution >= 0.6 is 0 Å². The molecule has 0 spiro atoms. The van der Waals surface area contributed by atoms with E-state index in [2.05, 4.69) is 5.32 Å². The van der Waals surface area contributed by atoms with E-state index >= 15 is 0 Å². The number of nitrogens with zero attached hydrogens (tertiary/aromatic N) is 1. The number of primary amides is 1. The summed E-state index contributed by atoms with van der Waals surface area (Å²) in [5.41, 5.74) is 4.98. The van der Waals surface area contributed by atoms with Crippen LogP contribution in [0, 0.1) is 5.92 Å². The highest BCUT2D eigenvalue weighted by molar-refractivity contribution is 5.86. The smallest absolute Gasteiger partial charge is 0.326 e. The van der Waals surface area contributed by atoms with Crippen molar-refractivity contribution in [3.8, 4) is 0 Å². The molecule has 0 unspecified atom stereocenters. The first-order valence-corrected chi connectivity index (χ1v) is 5.36. The summed E-state index contributed by atoms with van der Waals surface area (Å²) in [6, 6.07) is -1.59. The van der Waals surface area contributed by atoms with Crippen LogP contribution in [0.3, 0.4) is 0 Å². The van der Waals surface area contributed by atoms with Gasteiger partial charge >= 0.3 is 12.0 Å². The molecule has 7 nitrogen and oxygen atoms in total. The van der Waals surface area contributed by atoms with Gasteiger partial charge in [0.25, 0.3) is 0 Å². The SMILES string of the molecule is CCN(CC(N)=O)C(=O)N[C@H](C(=O)O)C(C)C. The Morgan fingerprint density at radius 3 is 2.18 bits per heavy atom. The number of amides is 3. The van der Waals surface area contributed by atoms with Crippen LogP contribution in [-0.4, -0.2) is 47.0 Å². The molecule has 0 saturated heterocycles. The van der Waals surface area contributed by atoms with Gasteiger partial charge in [0.2, 0.25) is 5.91 Å². The first-order valence-electron chi connectivity index (χ1n) is 5.36. The molecule has 4 N–H and O–H groups in total. The van der Waals surface area contributed by atoms with E-state index in [1.807, 2.05) is 0 Å². The zero-order chi connectivity index (χ0) is 13.6. The zero-order valence-electron chi connectivity index (χ0n) is 10.3. The van der Waals surface area contributed by atoms with Crippen LogP contribution in [0.2, 0.25) is 0 Å². The van der Waals surface area contributed by atoms with Gasteiger partial charge in [0.15, 0.2) is 0 Å². The summed E-state index contributed by atoms with van der Waals surface area (Å²) in [5, 5.41) is 11.3. The van der Waals surface area contributed by atoms with Gasteiger partial charge in [-0.05, 0) is 12.8 Å². The van der Waals surface area contributed by atoms with Crippen molar-refractivity contribution in [3.05, 3.63) is 0 Å². The quantitative estimate of drug-likeness (QED) is 0.591. The van der Waals surface area contributed by atoms with Gasteiger partial charge in [0.05, 0.1) is 0 Å². The Morgan fingerprint density at radius 1 is 1.35 bits per heavy atom. The Balaban J connectivity index is 4.57. The standard InChI is InChI=1S/C10H19N3O4/c1-4-13(5-7(11)14)10(17)12-8(6(2)3)9(15)16/h6,8H,4-5H2,1-3H3,(H2,11,14)(H,12,17)(H,15,16)/t8-/m0/s1. The van der Waals surface area contributed by atoms with Crippen LogP contribution in [0.5, 0.6) is 0 Å². The average Bonchev–Trinajstić information content (AvgIpc) is 2.20. The Bertz CT molecular complexity index is 304. The minimum absolute atomic E-state index is 0.229. The minimum Gasteiger partial charge on any atom is -0.480 e. The van der Waals surface area contributed by atoms with Crippen molar-refractivity contribution in [2.75, 3.05) is 13.1 Å². The number of carbonyl (C=O) groups is 3. The highest BCUT2D eigenvalue weighted by Crippen LogP contribution is 2.02. The van der Waals surface area contributed by atoms with Crippen LogP contribution in [0.25, 0.3) is 0 Å². The molecule has 0 aliphatic carbocycles. The van der Waals surface area contributed by atoms with Crippen molar-refractivity contribution in [1.29, 1.82) is 0 Å². The van der Waals surface area contributed by atoms with Crippen molar-refractivity contribution >= 4 is 17.9 Å². The van der Waals surface area contributed by atoms with E-state index in [1.165, 1.54) is 0 Å². The summed E-state index contributed by atoms with van der Waals surface area (Å²) >= 11 is 0. The molecule has 0 aromatic heterocycles. The molecule has 17 heavy (non-hydrogen) atoms. The fourth-order valence-corrected chi connectivity index (χ4v) is 1.25. The molecule has 0 heterocycles. The predicted molar refractivity (Wildman–Crippen MR) is 61.2 cm³/mol. The number of nitrogens with one attached hydrogen (secondary N) is 1. The lowest BCUT2D eigenvalue weighted by molar-refractivity contribution is -0.140. The number of aliphatic carboxylic acids is 1. The maximum absolute atomic E-state index is 11.7. The Morgan fingerprint density at radius 2 is 1.88 bits per heavy atom. The van der Waals surface area contributed by atoms with Gasteiger partial charge < -0.3 is 21.1 Å². The van der Waals surface area contributed by atoms with Crippen LogP contribution in [-0.2, 0) is 9.59 Å². The lowest BCUT2D eigenvalue weighted by atomic mass is 10.1. The van der Waals surface area contributed by atoms with Crippen LogP contribution in [0.1, 0.15) is 20.8 Å². The number of nitrogens with two attached hydrogens (primary N) is 1. The number of carbonyl (C=O) groups excluding carboxylic acids is 2. The van der Waals surface area contributed by atoms with Gasteiger partial charge in [-0.2, -0.15) is 0 Å². The number of carboxylic acid groups (broad SMARTS) is 1. The summed E-state index contributed by atoms with van der Waals surface area (Å²) in [5.74, 6) is -1.99. The summed E-state index contributed by atoms with van der Waals surface area (Å²) in [6.45, 7) is 5.09. The lowest BCUT2D eigenvalue weighted by Gasteiger charge is -2.24. The number of hydrogen-bond donors (Lipinski definition) is 3. The first kappa shape index (κ1) is 15.2. The molecular weight excluding hydrogens is 226 g/mol. The van der Waals surface area contributed by atoms with Crippen molar-refractivity contribution in [2.24, 2.45) is 11.7 Å². The predicted octanol–water partition coefficient (Wildman–Crippen LogP) is -0.388. The third-order valence-electron chi connectivity index (χ3n) is 2.23. The third kappa shape index (κ3) is 5.19. The van der Waals surface area contributed by atoms with E-state index in [0.29, 0.717) is 0 Å². The van der Waals surface area contributed by atoms with Gasteiger partial charge in [0, 0.05) is 6.54 Å². The lowest BCUT2D eigenvalue weighted by Crippen LogP contribution is -2.51. The van der Waals surface area contributed by atoms with Gasteiger partial charge in [-0.3, -0.25) is 4.79 Å². The number of likely N-dealkylation sites (N-methyl/N-ethyl adjacent to an activating group) is 1. The summed E-state index contributed by atoms with van der Waals surface area (Å²) < 4.78 is 0. The van der Waals surface area contributed by atoms with E-state index in [1.54, 1.807) is 20.8 Å². The molecule has 0 aliphatic heterocycles. The van der Waals surface area contributed by atoms with Crippen molar-refractivity contribution < 1.29 is 19.5 Å². The van der Waals surface area contributed by atoms with Crippen LogP contribution in [0.4, 0.5) is 4.79 Å². The molecule has 0 bridgehead atoms. The third-order valence-corrected chi connectivity index (χ3v) is 2.23. The molecule has 0 saturated carbocycles. The molecule has 0 radical (unpaired) electrons. The van der Waals surface area contributed by atoms with Gasteiger partial charge in [-0.25, -0.2) is 9.59 Å². The highest BCUT2D eigenvalue weighted by atomic mass is 16.4. The molecule has 7 heteroatoms. The molecule has 98 valence electrons. The van der Waals surface area contributed by atoms with E-state index in [0.717, 1.165) is 4.90 Å². The van der Waals surface area contributed by atoms with E-state index < -0.39 is 23.9 Å². The van der Waals surface area contributed by atoms with Gasteiger partial charge in [-0.15, -0.1) is 0 Å². The average molecular weight is 245 g/mol. The summed E-state index contributed by atoms with van der Waals surface area (Å²) in [4.78, 5) is 34.4. The van der Waals surface area contributed by atoms with E-state index in [-0.39, 0.29) is 19.0 Å². The Labute approximate surface area is 100.0 Å². The van der Waals surface area contributed by atoms with Crippen molar-refractivity contribution in [3.63, 3.8) is 0 Å². The topological polar surface area (TPSA) is 113 Å². The maximum atomic E-state index is 11.7. The molecule has 0 fully saturated rings. The van der Waals surface area contributed by atoms with Gasteiger partial charge in [0.1, 0.15) is 12.6 Å². The number of carboxylic acids is 1. The number of rotatable bonds is 6. The van der Waals surface area contributed by atoms with Crippen LogP contribution < -0.4 is 11.1 Å². The molecule has 0 aromatic carbocycles. The van der Waals surface area contributed by atoms with Crippen molar-refractivity contribution in [1.82, 2.24) is 10.2 Å². The molecule has 0 aliphatic rings. The zero-order valence-corrected chi connectivity index (χ0v) is 10.3. The van der Waals surface area contributed by atoms with Crippen molar-refractivity contribution in [2.45, 2.75) is 26.8 Å². The van der Waals surface area contributed by atoms with Crippen LogP contribution in [0.15, 0.2) is 0 Å². The monoisotopic (exact) mass is 245 g/mol. The summed E-state index contributed by atoms with van der Waals surface area (Å²) in [6.07, 6.45) is 0. The molecule has 0 aromatic rings. The van der Waals surface area contributed by atoms with Gasteiger partial charge in [-0.1, -0.05) is 13.8 Å². The molecule has 1 atom stereocenters. The fourth-order valence-electron chi connectivity index (χ4n) is 1.25. The number of hydrogen-bond acceptors (Lipinski definition) is 3. The normalized spacial score (nSPS) is 12.0. The van der Waals surface area contributed by atoms with E-state index in [9.17, 15) is 14.4 Å². The highest BCUT2D eigenvalue weighted by Gasteiger charge is 2.25. The molecular formula is C10H19N3O4. The minimum atomic E-state index is -1.11. The maximum Gasteiger partial charge on any atom is 0.326 e. The molecule has 0 rings (SSSR count). The molecule has 3 amide bonds. The van der Waals surface area contributed by atoms with E-state index in [4.69, 9.17) is 10.8 Å². The summed E-state index contributed by atoms with van der Waals surface area (Å²) in [7, 11) is 0. The fraction of sp³-hybridized carbons (Fsp3) is 0.700. The second-order valence-corrected chi connectivity index (χ2v) is 3.99.